The van der Waals surface area contributed by atoms with Gasteiger partial charge in [0.15, 0.2) is 11.6 Å². The summed E-state index contributed by atoms with van der Waals surface area (Å²) in [7, 11) is 1.56. The molecule has 0 bridgehead atoms. The summed E-state index contributed by atoms with van der Waals surface area (Å²) < 4.78 is 42.0. The summed E-state index contributed by atoms with van der Waals surface area (Å²) >= 11 is 0. The molecule has 0 aliphatic rings. The summed E-state index contributed by atoms with van der Waals surface area (Å²) in [5.74, 6) is -0.842. The molecule has 0 spiro atoms. The highest BCUT2D eigenvalue weighted by Gasteiger charge is 2.10. The van der Waals surface area contributed by atoms with Gasteiger partial charge in [-0.05, 0) is 18.2 Å². The first kappa shape index (κ1) is 17.2. The number of hydrogen-bond donors (Lipinski definition) is 1. The van der Waals surface area contributed by atoms with Gasteiger partial charge in [-0.3, -0.25) is 0 Å². The molecule has 2 rings (SSSR count). The quantitative estimate of drug-likeness (QED) is 0.811. The second kappa shape index (κ2) is 8.45. The maximum atomic E-state index is 13.4. The second-order valence-electron chi connectivity index (χ2n) is 4.87. The molecule has 124 valence electrons. The molecule has 1 unspecified atom stereocenters. The van der Waals surface area contributed by atoms with E-state index in [2.05, 4.69) is 0 Å². The fourth-order valence-corrected chi connectivity index (χ4v) is 1.95. The minimum absolute atomic E-state index is 0.00498. The SMILES string of the molecule is COc1ccccc1COCC(O)COc1cc(F)ccc1F. The summed E-state index contributed by atoms with van der Waals surface area (Å²) in [6.07, 6.45) is -0.965. The van der Waals surface area contributed by atoms with E-state index in [9.17, 15) is 13.9 Å². The van der Waals surface area contributed by atoms with E-state index in [1.165, 1.54) is 0 Å². The van der Waals surface area contributed by atoms with Crippen LogP contribution in [-0.2, 0) is 11.3 Å². The number of rotatable bonds is 8. The number of aliphatic hydroxyl groups is 1. The van der Waals surface area contributed by atoms with Crippen molar-refractivity contribution in [1.82, 2.24) is 0 Å². The maximum absolute atomic E-state index is 13.4. The van der Waals surface area contributed by atoms with E-state index in [4.69, 9.17) is 14.2 Å². The molecule has 0 saturated carbocycles. The van der Waals surface area contributed by atoms with Gasteiger partial charge in [0.2, 0.25) is 0 Å². The minimum atomic E-state index is -0.965. The number of ether oxygens (including phenoxy) is 3. The minimum Gasteiger partial charge on any atom is -0.496 e. The van der Waals surface area contributed by atoms with Crippen molar-refractivity contribution in [2.75, 3.05) is 20.3 Å². The van der Waals surface area contributed by atoms with E-state index in [0.29, 0.717) is 5.75 Å². The Labute approximate surface area is 133 Å². The van der Waals surface area contributed by atoms with Crippen LogP contribution in [0.3, 0.4) is 0 Å². The van der Waals surface area contributed by atoms with Crippen molar-refractivity contribution in [2.24, 2.45) is 0 Å². The Bertz CT molecular complexity index is 634. The Morgan fingerprint density at radius 2 is 1.83 bits per heavy atom. The lowest BCUT2D eigenvalue weighted by molar-refractivity contribution is 0.00434. The van der Waals surface area contributed by atoms with Gasteiger partial charge in [-0.25, -0.2) is 8.78 Å². The lowest BCUT2D eigenvalue weighted by Crippen LogP contribution is -2.23. The molecule has 0 aliphatic heterocycles. The predicted octanol–water partition coefficient (Wildman–Crippen LogP) is 2.93. The molecule has 1 N–H and O–H groups in total. The standard InChI is InChI=1S/C17H18F2O4/c1-21-16-5-3-2-4-12(16)9-22-10-14(20)11-23-17-8-13(18)6-7-15(17)19/h2-8,14,20H,9-11H2,1H3. The molecule has 6 heteroatoms. The van der Waals surface area contributed by atoms with Gasteiger partial charge in [-0.1, -0.05) is 18.2 Å². The van der Waals surface area contributed by atoms with E-state index < -0.39 is 17.7 Å². The number of hydrogen-bond acceptors (Lipinski definition) is 4. The molecular formula is C17H18F2O4. The summed E-state index contributed by atoms with van der Waals surface area (Å²) in [4.78, 5) is 0. The van der Waals surface area contributed by atoms with E-state index in [1.807, 2.05) is 24.3 Å². The Kier molecular flexibility index (Phi) is 6.31. The largest absolute Gasteiger partial charge is 0.496 e. The van der Waals surface area contributed by atoms with Crippen LogP contribution in [0.25, 0.3) is 0 Å². The highest BCUT2D eigenvalue weighted by molar-refractivity contribution is 5.32. The zero-order chi connectivity index (χ0) is 16.7. The average Bonchev–Trinajstić information content (AvgIpc) is 2.56. The average molecular weight is 324 g/mol. The first-order valence-electron chi connectivity index (χ1n) is 7.05. The summed E-state index contributed by atoms with van der Waals surface area (Å²) in [6.45, 7) is 0.0523. The number of aliphatic hydroxyl groups excluding tert-OH is 1. The van der Waals surface area contributed by atoms with Crippen molar-refractivity contribution >= 4 is 0 Å². The van der Waals surface area contributed by atoms with Gasteiger partial charge in [-0.15, -0.1) is 0 Å². The summed E-state index contributed by atoms with van der Waals surface area (Å²) in [6, 6.07) is 10.3. The summed E-state index contributed by atoms with van der Waals surface area (Å²) in [5.41, 5.74) is 0.847. The zero-order valence-electron chi connectivity index (χ0n) is 12.7. The van der Waals surface area contributed by atoms with Crippen LogP contribution in [0.4, 0.5) is 8.78 Å². The first-order chi connectivity index (χ1) is 11.1. The van der Waals surface area contributed by atoms with E-state index in [1.54, 1.807) is 7.11 Å². The molecule has 0 saturated heterocycles. The van der Waals surface area contributed by atoms with Crippen LogP contribution in [0, 0.1) is 11.6 Å². The molecule has 0 fully saturated rings. The number of benzene rings is 2. The van der Waals surface area contributed by atoms with Gasteiger partial charge in [0.1, 0.15) is 24.3 Å². The van der Waals surface area contributed by atoms with Gasteiger partial charge in [0.25, 0.3) is 0 Å². The fourth-order valence-electron chi connectivity index (χ4n) is 1.95. The second-order valence-corrected chi connectivity index (χ2v) is 4.87. The summed E-state index contributed by atoms with van der Waals surface area (Å²) in [5, 5.41) is 9.78. The molecule has 0 aliphatic carbocycles. The normalized spacial score (nSPS) is 12.0. The van der Waals surface area contributed by atoms with E-state index in [-0.39, 0.29) is 25.6 Å². The highest BCUT2D eigenvalue weighted by Crippen LogP contribution is 2.19. The predicted molar refractivity (Wildman–Crippen MR) is 80.5 cm³/mol. The van der Waals surface area contributed by atoms with E-state index in [0.717, 1.165) is 23.8 Å². The van der Waals surface area contributed by atoms with Gasteiger partial charge >= 0.3 is 0 Å². The van der Waals surface area contributed by atoms with Crippen LogP contribution in [0.2, 0.25) is 0 Å². The fraction of sp³-hybridized carbons (Fsp3) is 0.294. The van der Waals surface area contributed by atoms with Crippen LogP contribution >= 0.6 is 0 Å². The third-order valence-electron chi connectivity index (χ3n) is 3.08. The smallest absolute Gasteiger partial charge is 0.165 e. The zero-order valence-corrected chi connectivity index (χ0v) is 12.7. The molecule has 0 heterocycles. The molecule has 23 heavy (non-hydrogen) atoms. The topological polar surface area (TPSA) is 47.9 Å². The molecule has 4 nitrogen and oxygen atoms in total. The van der Waals surface area contributed by atoms with Gasteiger partial charge < -0.3 is 19.3 Å². The third-order valence-corrected chi connectivity index (χ3v) is 3.08. The van der Waals surface area contributed by atoms with Gasteiger partial charge in [0.05, 0.1) is 20.3 Å². The first-order valence-corrected chi connectivity index (χ1v) is 7.05. The lowest BCUT2D eigenvalue weighted by atomic mass is 10.2. The highest BCUT2D eigenvalue weighted by atomic mass is 19.1. The molecule has 2 aromatic carbocycles. The number of para-hydroxylation sites is 1. The Morgan fingerprint density at radius 3 is 2.61 bits per heavy atom. The van der Waals surface area contributed by atoms with Crippen molar-refractivity contribution in [3.05, 3.63) is 59.7 Å². The van der Waals surface area contributed by atoms with Crippen LogP contribution in [-0.4, -0.2) is 31.5 Å². The third kappa shape index (κ3) is 5.19. The van der Waals surface area contributed by atoms with Crippen LogP contribution in [0.5, 0.6) is 11.5 Å². The van der Waals surface area contributed by atoms with Crippen molar-refractivity contribution in [3.63, 3.8) is 0 Å². The van der Waals surface area contributed by atoms with E-state index >= 15 is 0 Å². The number of methoxy groups -OCH3 is 1. The van der Waals surface area contributed by atoms with Crippen molar-refractivity contribution in [1.29, 1.82) is 0 Å². The molecular weight excluding hydrogens is 306 g/mol. The molecule has 0 amide bonds. The Morgan fingerprint density at radius 1 is 1.04 bits per heavy atom. The Hall–Kier alpha value is -2.18. The maximum Gasteiger partial charge on any atom is 0.165 e. The van der Waals surface area contributed by atoms with Gasteiger partial charge in [0, 0.05) is 11.6 Å². The molecule has 1 atom stereocenters. The van der Waals surface area contributed by atoms with Crippen LogP contribution < -0.4 is 9.47 Å². The monoisotopic (exact) mass is 324 g/mol. The van der Waals surface area contributed by atoms with Crippen LogP contribution in [0.15, 0.2) is 42.5 Å². The van der Waals surface area contributed by atoms with Crippen molar-refractivity contribution in [2.45, 2.75) is 12.7 Å². The molecule has 2 aromatic rings. The van der Waals surface area contributed by atoms with Crippen molar-refractivity contribution in [3.8, 4) is 11.5 Å². The van der Waals surface area contributed by atoms with Crippen molar-refractivity contribution < 1.29 is 28.1 Å². The van der Waals surface area contributed by atoms with Gasteiger partial charge in [-0.2, -0.15) is 0 Å². The lowest BCUT2D eigenvalue weighted by Gasteiger charge is -2.14. The van der Waals surface area contributed by atoms with Crippen LogP contribution in [0.1, 0.15) is 5.56 Å². The Balaban J connectivity index is 1.77. The number of halogens is 2. The molecule has 0 radical (unpaired) electrons. The molecule has 0 aromatic heterocycles.